The van der Waals surface area contributed by atoms with Crippen LogP contribution in [0.2, 0.25) is 0 Å². The van der Waals surface area contributed by atoms with Crippen molar-refractivity contribution in [3.05, 3.63) is 33.6 Å². The van der Waals surface area contributed by atoms with Gasteiger partial charge in [0, 0.05) is 19.9 Å². The second kappa shape index (κ2) is 6.84. The van der Waals surface area contributed by atoms with Gasteiger partial charge in [0.2, 0.25) is 5.89 Å². The summed E-state index contributed by atoms with van der Waals surface area (Å²) >= 11 is 1.34. The number of hydrogen-bond acceptors (Lipinski definition) is 6. The first kappa shape index (κ1) is 14.2. The van der Waals surface area contributed by atoms with Gasteiger partial charge >= 0.3 is 0 Å². The van der Waals surface area contributed by atoms with Gasteiger partial charge in [-0.3, -0.25) is 4.79 Å². The quantitative estimate of drug-likeness (QED) is 0.809. The highest BCUT2D eigenvalue weighted by Crippen LogP contribution is 2.15. The number of hydrogen-bond donors (Lipinski definition) is 2. The van der Waals surface area contributed by atoms with Crippen LogP contribution >= 0.6 is 11.3 Å². The summed E-state index contributed by atoms with van der Waals surface area (Å²) in [5, 5.41) is 6.56. The van der Waals surface area contributed by atoms with E-state index in [2.05, 4.69) is 27.3 Å². The maximum Gasteiger partial charge on any atom is 0.261 e. The van der Waals surface area contributed by atoms with E-state index in [9.17, 15) is 4.79 Å². The molecule has 2 rings (SSSR count). The average molecular weight is 290 g/mol. The van der Waals surface area contributed by atoms with Crippen molar-refractivity contribution < 1.29 is 9.32 Å². The van der Waals surface area contributed by atoms with E-state index in [0.29, 0.717) is 36.1 Å². The van der Waals surface area contributed by atoms with Crippen LogP contribution in [0.5, 0.6) is 0 Å². The summed E-state index contributed by atoms with van der Waals surface area (Å²) in [6.45, 7) is 2.49. The lowest BCUT2D eigenvalue weighted by molar-refractivity contribution is 0.0958. The SMILES string of the molecule is Cc1nc(CCNC(=O)c2ccc(C#CCN)s2)no1. The van der Waals surface area contributed by atoms with Crippen molar-refractivity contribution in [3.8, 4) is 11.8 Å². The first-order valence-electron chi connectivity index (χ1n) is 6.05. The third-order valence-corrected chi connectivity index (χ3v) is 3.35. The number of nitrogens with two attached hydrogens (primary N) is 1. The standard InChI is InChI=1S/C13H14N4O2S/c1-9-16-12(17-19-9)6-8-15-13(18)11-5-4-10(20-11)3-2-7-14/h4-5H,6-8,14H2,1H3,(H,15,18). The molecule has 6 nitrogen and oxygen atoms in total. The average Bonchev–Trinajstić information content (AvgIpc) is 3.05. The molecule has 0 radical (unpaired) electrons. The summed E-state index contributed by atoms with van der Waals surface area (Å²) in [6.07, 6.45) is 0.536. The molecular formula is C13H14N4O2S. The highest BCUT2D eigenvalue weighted by molar-refractivity contribution is 7.14. The summed E-state index contributed by atoms with van der Waals surface area (Å²) in [7, 11) is 0. The first-order chi connectivity index (χ1) is 9.69. The van der Waals surface area contributed by atoms with Gasteiger partial charge in [-0.1, -0.05) is 17.0 Å². The van der Waals surface area contributed by atoms with E-state index in [4.69, 9.17) is 10.3 Å². The normalized spacial score (nSPS) is 9.90. The fourth-order valence-electron chi connectivity index (χ4n) is 1.48. The van der Waals surface area contributed by atoms with Gasteiger partial charge in [0.25, 0.3) is 5.91 Å². The molecule has 0 aliphatic carbocycles. The molecule has 2 heterocycles. The molecule has 0 saturated heterocycles. The maximum atomic E-state index is 11.9. The molecule has 0 aliphatic rings. The predicted molar refractivity (Wildman–Crippen MR) is 75.3 cm³/mol. The minimum absolute atomic E-state index is 0.129. The molecule has 3 N–H and O–H groups in total. The van der Waals surface area contributed by atoms with Crippen LogP contribution < -0.4 is 11.1 Å². The van der Waals surface area contributed by atoms with Crippen molar-refractivity contribution >= 4 is 17.2 Å². The third-order valence-electron chi connectivity index (χ3n) is 2.35. The van der Waals surface area contributed by atoms with Crippen LogP contribution in [0, 0.1) is 18.8 Å². The minimum atomic E-state index is -0.129. The fraction of sp³-hybridized carbons (Fsp3) is 0.308. The van der Waals surface area contributed by atoms with Crippen LogP contribution in [0.25, 0.3) is 0 Å². The Balaban J connectivity index is 1.84. The van der Waals surface area contributed by atoms with E-state index >= 15 is 0 Å². The van der Waals surface area contributed by atoms with Crippen molar-refractivity contribution in [2.45, 2.75) is 13.3 Å². The molecule has 0 spiro atoms. The van der Waals surface area contributed by atoms with Crippen LogP contribution in [0.15, 0.2) is 16.7 Å². The van der Waals surface area contributed by atoms with Gasteiger partial charge in [-0.05, 0) is 12.1 Å². The lowest BCUT2D eigenvalue weighted by atomic mass is 10.3. The zero-order valence-corrected chi connectivity index (χ0v) is 11.8. The highest BCUT2D eigenvalue weighted by atomic mass is 32.1. The zero-order chi connectivity index (χ0) is 14.4. The second-order valence-corrected chi connectivity index (χ2v) is 4.99. The van der Waals surface area contributed by atoms with Crippen molar-refractivity contribution in [3.63, 3.8) is 0 Å². The van der Waals surface area contributed by atoms with Crippen LogP contribution in [-0.4, -0.2) is 29.1 Å². The van der Waals surface area contributed by atoms with Crippen molar-refractivity contribution in [2.24, 2.45) is 5.73 Å². The van der Waals surface area contributed by atoms with Crippen molar-refractivity contribution in [1.82, 2.24) is 15.5 Å². The van der Waals surface area contributed by atoms with Crippen LogP contribution in [-0.2, 0) is 6.42 Å². The van der Waals surface area contributed by atoms with Crippen LogP contribution in [0.4, 0.5) is 0 Å². The summed E-state index contributed by atoms with van der Waals surface area (Å²) in [6, 6.07) is 3.56. The summed E-state index contributed by atoms with van der Waals surface area (Å²) in [5.74, 6) is 6.63. The second-order valence-electron chi connectivity index (χ2n) is 3.91. The van der Waals surface area contributed by atoms with Gasteiger partial charge in [0.05, 0.1) is 16.3 Å². The number of nitrogens with zero attached hydrogens (tertiary/aromatic N) is 2. The predicted octanol–water partition coefficient (Wildman–Crippen LogP) is 0.722. The van der Waals surface area contributed by atoms with Crippen molar-refractivity contribution in [2.75, 3.05) is 13.1 Å². The molecule has 2 aromatic rings. The number of amides is 1. The summed E-state index contributed by atoms with van der Waals surface area (Å²) in [4.78, 5) is 17.4. The Morgan fingerprint density at radius 3 is 3.10 bits per heavy atom. The van der Waals surface area contributed by atoms with Gasteiger partial charge in [-0.15, -0.1) is 11.3 Å². The molecule has 1 amide bonds. The van der Waals surface area contributed by atoms with Gasteiger partial charge in [0.15, 0.2) is 5.82 Å². The Morgan fingerprint density at radius 2 is 2.40 bits per heavy atom. The summed E-state index contributed by atoms with van der Waals surface area (Å²) in [5.41, 5.74) is 5.30. The molecule has 0 bridgehead atoms. The number of nitrogens with one attached hydrogen (secondary N) is 1. The third kappa shape index (κ3) is 3.91. The molecule has 20 heavy (non-hydrogen) atoms. The number of carbonyl (C=O) groups is 1. The Labute approximate surface area is 120 Å². The Hall–Kier alpha value is -2.17. The molecule has 0 unspecified atom stereocenters. The first-order valence-corrected chi connectivity index (χ1v) is 6.87. The number of aryl methyl sites for hydroxylation is 1. The lowest BCUT2D eigenvalue weighted by Gasteiger charge is -2.00. The van der Waals surface area contributed by atoms with Gasteiger partial charge in [-0.25, -0.2) is 0 Å². The molecule has 0 aliphatic heterocycles. The van der Waals surface area contributed by atoms with Crippen LogP contribution in [0.3, 0.4) is 0 Å². The lowest BCUT2D eigenvalue weighted by Crippen LogP contribution is -2.25. The molecule has 0 aromatic carbocycles. The van der Waals surface area contributed by atoms with Gasteiger partial charge < -0.3 is 15.6 Å². The largest absolute Gasteiger partial charge is 0.351 e. The molecular weight excluding hydrogens is 276 g/mol. The smallest absolute Gasteiger partial charge is 0.261 e. The van der Waals surface area contributed by atoms with E-state index in [1.54, 1.807) is 13.0 Å². The van der Waals surface area contributed by atoms with E-state index in [1.807, 2.05) is 6.07 Å². The molecule has 0 atom stereocenters. The molecule has 7 heteroatoms. The minimum Gasteiger partial charge on any atom is -0.351 e. The zero-order valence-electron chi connectivity index (χ0n) is 11.0. The summed E-state index contributed by atoms with van der Waals surface area (Å²) < 4.78 is 4.85. The number of rotatable bonds is 4. The van der Waals surface area contributed by atoms with Crippen LogP contribution in [0.1, 0.15) is 26.3 Å². The Bertz CT molecular complexity index is 651. The van der Waals surface area contributed by atoms with E-state index in [0.717, 1.165) is 4.88 Å². The Morgan fingerprint density at radius 1 is 1.55 bits per heavy atom. The monoisotopic (exact) mass is 290 g/mol. The number of aromatic nitrogens is 2. The Kier molecular flexibility index (Phi) is 4.87. The molecule has 0 saturated carbocycles. The van der Waals surface area contributed by atoms with Gasteiger partial charge in [-0.2, -0.15) is 4.98 Å². The van der Waals surface area contributed by atoms with E-state index in [1.165, 1.54) is 11.3 Å². The molecule has 104 valence electrons. The number of carbonyl (C=O) groups excluding carboxylic acids is 1. The molecule has 2 aromatic heterocycles. The maximum absolute atomic E-state index is 11.9. The number of thiophene rings is 1. The van der Waals surface area contributed by atoms with Crippen molar-refractivity contribution in [1.29, 1.82) is 0 Å². The molecule has 0 fully saturated rings. The van der Waals surface area contributed by atoms with E-state index < -0.39 is 0 Å². The van der Waals surface area contributed by atoms with E-state index in [-0.39, 0.29) is 5.91 Å². The van der Waals surface area contributed by atoms with Gasteiger partial charge in [0.1, 0.15) is 0 Å². The topological polar surface area (TPSA) is 94.0 Å². The fourth-order valence-corrected chi connectivity index (χ4v) is 2.28. The highest BCUT2D eigenvalue weighted by Gasteiger charge is 2.09.